The van der Waals surface area contributed by atoms with Gasteiger partial charge in [0.25, 0.3) is 5.91 Å². The molecule has 1 aromatic carbocycles. The van der Waals surface area contributed by atoms with Crippen molar-refractivity contribution in [3.8, 4) is 0 Å². The highest BCUT2D eigenvalue weighted by Gasteiger charge is 2.25. The molecule has 0 saturated carbocycles. The molecule has 8 heteroatoms. The summed E-state index contributed by atoms with van der Waals surface area (Å²) in [5, 5.41) is 2.85. The monoisotopic (exact) mass is 354 g/mol. The SMILES string of the molecule is COC(=O)c1cccc(C(=O)NCC2CCN(S(C)(=O)=O)CC2)c1. The van der Waals surface area contributed by atoms with Crippen molar-refractivity contribution in [2.45, 2.75) is 12.8 Å². The summed E-state index contributed by atoms with van der Waals surface area (Å²) in [7, 11) is -1.85. The maximum atomic E-state index is 12.2. The van der Waals surface area contributed by atoms with Crippen LogP contribution < -0.4 is 5.32 Å². The molecule has 24 heavy (non-hydrogen) atoms. The molecule has 7 nitrogen and oxygen atoms in total. The van der Waals surface area contributed by atoms with Gasteiger partial charge in [0.05, 0.1) is 18.9 Å². The van der Waals surface area contributed by atoms with Crippen molar-refractivity contribution in [3.63, 3.8) is 0 Å². The third-order valence-electron chi connectivity index (χ3n) is 4.14. The Balaban J connectivity index is 1.87. The van der Waals surface area contributed by atoms with Gasteiger partial charge in [0.1, 0.15) is 0 Å². The van der Waals surface area contributed by atoms with E-state index in [2.05, 4.69) is 10.1 Å². The normalized spacial score (nSPS) is 16.6. The Morgan fingerprint density at radius 3 is 2.46 bits per heavy atom. The molecule has 0 radical (unpaired) electrons. The van der Waals surface area contributed by atoms with Crippen LogP contribution >= 0.6 is 0 Å². The molecule has 1 aliphatic rings. The minimum Gasteiger partial charge on any atom is -0.465 e. The van der Waals surface area contributed by atoms with Gasteiger partial charge in [-0.15, -0.1) is 0 Å². The van der Waals surface area contributed by atoms with Gasteiger partial charge < -0.3 is 10.1 Å². The number of ether oxygens (including phenoxy) is 1. The minimum atomic E-state index is -3.14. The van der Waals surface area contributed by atoms with Crippen LogP contribution in [0, 0.1) is 5.92 Å². The number of carbonyl (C=O) groups excluding carboxylic acids is 2. The zero-order chi connectivity index (χ0) is 17.7. The molecule has 1 saturated heterocycles. The Kier molecular flexibility index (Phi) is 5.95. The molecule has 1 N–H and O–H groups in total. The first-order valence-electron chi connectivity index (χ1n) is 7.73. The number of carbonyl (C=O) groups is 2. The molecule has 0 unspecified atom stereocenters. The Morgan fingerprint density at radius 1 is 1.25 bits per heavy atom. The van der Waals surface area contributed by atoms with Crippen LogP contribution in [-0.2, 0) is 14.8 Å². The van der Waals surface area contributed by atoms with Crippen LogP contribution in [0.1, 0.15) is 33.6 Å². The number of hydrogen-bond acceptors (Lipinski definition) is 5. The molecule has 2 rings (SSSR count). The van der Waals surface area contributed by atoms with Crippen LogP contribution in [0.15, 0.2) is 24.3 Å². The molecule has 1 fully saturated rings. The van der Waals surface area contributed by atoms with E-state index in [0.717, 1.165) is 12.8 Å². The van der Waals surface area contributed by atoms with Gasteiger partial charge >= 0.3 is 5.97 Å². The van der Waals surface area contributed by atoms with Crippen LogP contribution in [0.4, 0.5) is 0 Å². The number of nitrogens with one attached hydrogen (secondary N) is 1. The van der Waals surface area contributed by atoms with Crippen molar-refractivity contribution in [3.05, 3.63) is 35.4 Å². The minimum absolute atomic E-state index is 0.246. The van der Waals surface area contributed by atoms with Crippen LogP contribution in [0.2, 0.25) is 0 Å². The van der Waals surface area contributed by atoms with Crippen LogP contribution in [0.25, 0.3) is 0 Å². The van der Waals surface area contributed by atoms with E-state index in [4.69, 9.17) is 0 Å². The lowest BCUT2D eigenvalue weighted by molar-refractivity contribution is 0.0600. The first kappa shape index (κ1) is 18.4. The fourth-order valence-corrected chi connectivity index (χ4v) is 3.56. The highest BCUT2D eigenvalue weighted by molar-refractivity contribution is 7.88. The molecule has 1 aromatic rings. The number of nitrogens with zero attached hydrogens (tertiary/aromatic N) is 1. The summed E-state index contributed by atoms with van der Waals surface area (Å²) in [6.45, 7) is 1.45. The molecular formula is C16H22N2O5S. The molecule has 0 aliphatic carbocycles. The molecule has 1 aliphatic heterocycles. The van der Waals surface area contributed by atoms with Gasteiger partial charge in [-0.25, -0.2) is 17.5 Å². The highest BCUT2D eigenvalue weighted by atomic mass is 32.2. The van der Waals surface area contributed by atoms with Crippen molar-refractivity contribution in [2.24, 2.45) is 5.92 Å². The molecule has 0 bridgehead atoms. The van der Waals surface area contributed by atoms with Gasteiger partial charge in [-0.2, -0.15) is 0 Å². The first-order valence-corrected chi connectivity index (χ1v) is 9.58. The van der Waals surface area contributed by atoms with Gasteiger partial charge in [0.2, 0.25) is 10.0 Å². The van der Waals surface area contributed by atoms with Gasteiger partial charge in [-0.1, -0.05) is 6.07 Å². The summed E-state index contributed by atoms with van der Waals surface area (Å²) in [5.41, 5.74) is 0.720. The lowest BCUT2D eigenvalue weighted by atomic mass is 9.98. The van der Waals surface area contributed by atoms with Crippen molar-refractivity contribution >= 4 is 21.9 Å². The second-order valence-corrected chi connectivity index (χ2v) is 7.87. The lowest BCUT2D eigenvalue weighted by Crippen LogP contribution is -2.41. The second-order valence-electron chi connectivity index (χ2n) is 5.89. The highest BCUT2D eigenvalue weighted by Crippen LogP contribution is 2.18. The number of hydrogen-bond donors (Lipinski definition) is 1. The Bertz CT molecular complexity index is 709. The zero-order valence-electron chi connectivity index (χ0n) is 13.8. The van der Waals surface area contributed by atoms with Gasteiger partial charge in [-0.3, -0.25) is 4.79 Å². The van der Waals surface area contributed by atoms with Crippen LogP contribution in [-0.4, -0.2) is 57.6 Å². The molecule has 0 atom stereocenters. The number of benzene rings is 1. The van der Waals surface area contributed by atoms with Crippen molar-refractivity contribution in [1.29, 1.82) is 0 Å². The Labute approximate surface area is 142 Å². The van der Waals surface area contributed by atoms with Gasteiger partial charge in [0, 0.05) is 25.2 Å². The summed E-state index contributed by atoms with van der Waals surface area (Å²) in [6, 6.07) is 6.34. The fourth-order valence-electron chi connectivity index (χ4n) is 2.69. The summed E-state index contributed by atoms with van der Waals surface area (Å²) >= 11 is 0. The second kappa shape index (κ2) is 7.76. The van der Waals surface area contributed by atoms with Crippen LogP contribution in [0.5, 0.6) is 0 Å². The number of piperidine rings is 1. The van der Waals surface area contributed by atoms with E-state index in [1.807, 2.05) is 0 Å². The first-order chi connectivity index (χ1) is 11.3. The largest absolute Gasteiger partial charge is 0.465 e. The number of amides is 1. The van der Waals surface area contributed by atoms with E-state index in [1.165, 1.54) is 23.7 Å². The van der Waals surface area contributed by atoms with E-state index < -0.39 is 16.0 Å². The van der Waals surface area contributed by atoms with Crippen molar-refractivity contribution in [2.75, 3.05) is 33.0 Å². The topological polar surface area (TPSA) is 92.8 Å². The summed E-state index contributed by atoms with van der Waals surface area (Å²) in [4.78, 5) is 23.7. The predicted molar refractivity (Wildman–Crippen MR) is 89.3 cm³/mol. The number of sulfonamides is 1. The summed E-state index contributed by atoms with van der Waals surface area (Å²) in [5.74, 6) is -0.500. The maximum Gasteiger partial charge on any atom is 0.337 e. The fraction of sp³-hybridized carbons (Fsp3) is 0.500. The molecule has 0 aromatic heterocycles. The third-order valence-corrected chi connectivity index (χ3v) is 5.44. The molecule has 132 valence electrons. The quantitative estimate of drug-likeness (QED) is 0.792. The average Bonchev–Trinajstić information content (AvgIpc) is 2.58. The molecule has 0 spiro atoms. The number of methoxy groups -OCH3 is 1. The molecule has 1 amide bonds. The Morgan fingerprint density at radius 2 is 1.88 bits per heavy atom. The van der Waals surface area contributed by atoms with E-state index in [0.29, 0.717) is 30.8 Å². The van der Waals surface area contributed by atoms with Gasteiger partial charge in [-0.05, 0) is 37.0 Å². The van der Waals surface area contributed by atoms with E-state index in [1.54, 1.807) is 18.2 Å². The van der Waals surface area contributed by atoms with Crippen molar-refractivity contribution < 1.29 is 22.7 Å². The molecule has 1 heterocycles. The smallest absolute Gasteiger partial charge is 0.337 e. The maximum absolute atomic E-state index is 12.2. The number of rotatable bonds is 5. The lowest BCUT2D eigenvalue weighted by Gasteiger charge is -2.30. The predicted octanol–water partition coefficient (Wildman–Crippen LogP) is 0.875. The van der Waals surface area contributed by atoms with Gasteiger partial charge in [0.15, 0.2) is 0 Å². The number of esters is 1. The van der Waals surface area contributed by atoms with E-state index in [9.17, 15) is 18.0 Å². The zero-order valence-corrected chi connectivity index (χ0v) is 14.6. The van der Waals surface area contributed by atoms with Crippen molar-refractivity contribution in [1.82, 2.24) is 9.62 Å². The standard InChI is InChI=1S/C16H22N2O5S/c1-23-16(20)14-5-3-4-13(10-14)15(19)17-11-12-6-8-18(9-7-12)24(2,21)22/h3-5,10,12H,6-9,11H2,1-2H3,(H,17,19). The average molecular weight is 354 g/mol. The molecular weight excluding hydrogens is 332 g/mol. The van der Waals surface area contributed by atoms with Crippen LogP contribution in [0.3, 0.4) is 0 Å². The summed E-state index contributed by atoms with van der Waals surface area (Å²) < 4.78 is 29.1. The summed E-state index contributed by atoms with van der Waals surface area (Å²) in [6.07, 6.45) is 2.65. The third kappa shape index (κ3) is 4.78. The van der Waals surface area contributed by atoms with E-state index >= 15 is 0 Å². The van der Waals surface area contributed by atoms with E-state index in [-0.39, 0.29) is 11.8 Å². The Hall–Kier alpha value is -1.93.